The topological polar surface area (TPSA) is 42.0 Å². The number of amides is 1. The first-order chi connectivity index (χ1) is 5.72. The van der Waals surface area contributed by atoms with Crippen LogP contribution in [0.15, 0.2) is 5.38 Å². The summed E-state index contributed by atoms with van der Waals surface area (Å²) in [5.41, 5.74) is 0.944. The molecular weight excluding hydrogens is 172 g/mol. The number of hydrogen-bond acceptors (Lipinski definition) is 3. The summed E-state index contributed by atoms with van der Waals surface area (Å²) in [6, 6.07) is 0. The molecular formula is C8H12N2OS. The predicted molar refractivity (Wildman–Crippen MR) is 49.0 cm³/mol. The zero-order valence-corrected chi connectivity index (χ0v) is 8.07. The standard InChI is InChI=1S/C8H12N2OS/c1-3-8(11)9-4-7-5-12-6(2)10-7/h5H,3-4H2,1-2H3,(H,9,11). The van der Waals surface area contributed by atoms with Crippen LogP contribution in [-0.2, 0) is 11.3 Å². The maximum Gasteiger partial charge on any atom is 0.220 e. The molecule has 0 bridgehead atoms. The number of rotatable bonds is 3. The summed E-state index contributed by atoms with van der Waals surface area (Å²) in [4.78, 5) is 15.1. The molecule has 0 atom stereocenters. The normalized spacial score (nSPS) is 9.83. The molecule has 0 fully saturated rings. The average Bonchev–Trinajstić information content (AvgIpc) is 2.47. The van der Waals surface area contributed by atoms with Crippen molar-refractivity contribution in [1.82, 2.24) is 10.3 Å². The van der Waals surface area contributed by atoms with Crippen LogP contribution in [0.5, 0.6) is 0 Å². The van der Waals surface area contributed by atoms with Gasteiger partial charge in [-0.15, -0.1) is 11.3 Å². The van der Waals surface area contributed by atoms with E-state index in [2.05, 4.69) is 10.3 Å². The average molecular weight is 184 g/mol. The quantitative estimate of drug-likeness (QED) is 0.773. The Kier molecular flexibility index (Phi) is 3.22. The van der Waals surface area contributed by atoms with E-state index >= 15 is 0 Å². The fraction of sp³-hybridized carbons (Fsp3) is 0.500. The second kappa shape index (κ2) is 4.21. The zero-order valence-electron chi connectivity index (χ0n) is 7.26. The summed E-state index contributed by atoms with van der Waals surface area (Å²) >= 11 is 1.60. The largest absolute Gasteiger partial charge is 0.350 e. The first-order valence-electron chi connectivity index (χ1n) is 3.90. The van der Waals surface area contributed by atoms with E-state index < -0.39 is 0 Å². The molecule has 0 saturated carbocycles. The van der Waals surface area contributed by atoms with Crippen molar-refractivity contribution in [1.29, 1.82) is 0 Å². The maximum absolute atomic E-state index is 10.9. The van der Waals surface area contributed by atoms with Gasteiger partial charge >= 0.3 is 0 Å². The van der Waals surface area contributed by atoms with Gasteiger partial charge in [0, 0.05) is 11.8 Å². The summed E-state index contributed by atoms with van der Waals surface area (Å²) in [6.07, 6.45) is 0.531. The van der Waals surface area contributed by atoms with E-state index in [1.165, 1.54) is 0 Å². The molecule has 0 saturated heterocycles. The van der Waals surface area contributed by atoms with Gasteiger partial charge < -0.3 is 5.32 Å². The molecule has 0 radical (unpaired) electrons. The van der Waals surface area contributed by atoms with Crippen molar-refractivity contribution in [2.24, 2.45) is 0 Å². The predicted octanol–water partition coefficient (Wildman–Crippen LogP) is 1.48. The van der Waals surface area contributed by atoms with Gasteiger partial charge in [-0.05, 0) is 6.92 Å². The number of carbonyl (C=O) groups is 1. The van der Waals surface area contributed by atoms with E-state index in [4.69, 9.17) is 0 Å². The van der Waals surface area contributed by atoms with Gasteiger partial charge in [-0.25, -0.2) is 4.98 Å². The molecule has 1 heterocycles. The minimum Gasteiger partial charge on any atom is -0.350 e. The van der Waals surface area contributed by atoms with Crippen molar-refractivity contribution in [3.63, 3.8) is 0 Å². The molecule has 0 aliphatic carbocycles. The Bertz CT molecular complexity index is 270. The highest BCUT2D eigenvalue weighted by Crippen LogP contribution is 2.06. The lowest BCUT2D eigenvalue weighted by Gasteiger charge is -1.98. The lowest BCUT2D eigenvalue weighted by molar-refractivity contribution is -0.120. The van der Waals surface area contributed by atoms with Crippen molar-refractivity contribution >= 4 is 17.2 Å². The molecule has 1 aromatic heterocycles. The van der Waals surface area contributed by atoms with Gasteiger partial charge in [0.25, 0.3) is 0 Å². The van der Waals surface area contributed by atoms with Gasteiger partial charge in [-0.1, -0.05) is 6.92 Å². The Hall–Kier alpha value is -0.900. The van der Waals surface area contributed by atoms with Gasteiger partial charge in [0.15, 0.2) is 0 Å². The summed E-state index contributed by atoms with van der Waals surface area (Å²) in [5.74, 6) is 0.0700. The van der Waals surface area contributed by atoms with Crippen LogP contribution in [-0.4, -0.2) is 10.9 Å². The first-order valence-corrected chi connectivity index (χ1v) is 4.78. The van der Waals surface area contributed by atoms with Gasteiger partial charge in [-0.3, -0.25) is 4.79 Å². The minimum absolute atomic E-state index is 0.0700. The Morgan fingerprint density at radius 3 is 3.00 bits per heavy atom. The monoisotopic (exact) mass is 184 g/mol. The third kappa shape index (κ3) is 2.62. The van der Waals surface area contributed by atoms with Crippen LogP contribution in [0.25, 0.3) is 0 Å². The Labute approximate surface area is 75.8 Å². The van der Waals surface area contributed by atoms with Crippen LogP contribution in [0, 0.1) is 6.92 Å². The Morgan fingerprint density at radius 2 is 2.50 bits per heavy atom. The van der Waals surface area contributed by atoms with Crippen molar-refractivity contribution in [3.05, 3.63) is 16.1 Å². The second-order valence-electron chi connectivity index (χ2n) is 2.49. The van der Waals surface area contributed by atoms with Crippen molar-refractivity contribution in [2.45, 2.75) is 26.8 Å². The molecule has 3 nitrogen and oxygen atoms in total. The molecule has 4 heteroatoms. The number of nitrogens with zero attached hydrogens (tertiary/aromatic N) is 1. The Morgan fingerprint density at radius 1 is 1.75 bits per heavy atom. The highest BCUT2D eigenvalue weighted by Gasteiger charge is 1.99. The zero-order chi connectivity index (χ0) is 8.97. The molecule has 1 amide bonds. The molecule has 0 aliphatic rings. The number of nitrogens with one attached hydrogen (secondary N) is 1. The maximum atomic E-state index is 10.9. The van der Waals surface area contributed by atoms with E-state index in [-0.39, 0.29) is 5.91 Å². The summed E-state index contributed by atoms with van der Waals surface area (Å²) < 4.78 is 0. The van der Waals surface area contributed by atoms with E-state index in [9.17, 15) is 4.79 Å². The minimum atomic E-state index is 0.0700. The van der Waals surface area contributed by atoms with Crippen LogP contribution >= 0.6 is 11.3 Å². The van der Waals surface area contributed by atoms with Crippen LogP contribution in [0.3, 0.4) is 0 Å². The van der Waals surface area contributed by atoms with Crippen LogP contribution in [0.1, 0.15) is 24.0 Å². The third-order valence-electron chi connectivity index (χ3n) is 1.45. The van der Waals surface area contributed by atoms with E-state index in [0.717, 1.165) is 10.7 Å². The highest BCUT2D eigenvalue weighted by molar-refractivity contribution is 7.09. The van der Waals surface area contributed by atoms with Crippen LogP contribution in [0.2, 0.25) is 0 Å². The molecule has 0 aromatic carbocycles. The fourth-order valence-corrected chi connectivity index (χ4v) is 1.42. The van der Waals surface area contributed by atoms with E-state index in [1.54, 1.807) is 11.3 Å². The second-order valence-corrected chi connectivity index (χ2v) is 3.55. The van der Waals surface area contributed by atoms with Gasteiger partial charge in [-0.2, -0.15) is 0 Å². The van der Waals surface area contributed by atoms with Crippen molar-refractivity contribution < 1.29 is 4.79 Å². The smallest absolute Gasteiger partial charge is 0.220 e. The summed E-state index contributed by atoms with van der Waals surface area (Å²) in [5, 5.41) is 5.77. The molecule has 12 heavy (non-hydrogen) atoms. The molecule has 0 aliphatic heterocycles. The lowest BCUT2D eigenvalue weighted by atomic mass is 10.4. The number of hydrogen-bond donors (Lipinski definition) is 1. The lowest BCUT2D eigenvalue weighted by Crippen LogP contribution is -2.21. The number of thiazole rings is 1. The van der Waals surface area contributed by atoms with Crippen LogP contribution < -0.4 is 5.32 Å². The van der Waals surface area contributed by atoms with Gasteiger partial charge in [0.1, 0.15) is 0 Å². The molecule has 0 spiro atoms. The van der Waals surface area contributed by atoms with Gasteiger partial charge in [0.2, 0.25) is 5.91 Å². The van der Waals surface area contributed by atoms with Crippen LogP contribution in [0.4, 0.5) is 0 Å². The fourth-order valence-electron chi connectivity index (χ4n) is 0.804. The number of aryl methyl sites for hydroxylation is 1. The first kappa shape index (κ1) is 9.19. The summed E-state index contributed by atoms with van der Waals surface area (Å²) in [6.45, 7) is 4.34. The highest BCUT2D eigenvalue weighted by atomic mass is 32.1. The van der Waals surface area contributed by atoms with E-state index in [0.29, 0.717) is 13.0 Å². The van der Waals surface area contributed by atoms with Gasteiger partial charge in [0.05, 0.1) is 17.2 Å². The molecule has 1 N–H and O–H groups in total. The number of carbonyl (C=O) groups excluding carboxylic acids is 1. The Balaban J connectivity index is 2.38. The molecule has 1 aromatic rings. The molecule has 0 unspecified atom stereocenters. The number of aromatic nitrogens is 1. The molecule has 1 rings (SSSR count). The van der Waals surface area contributed by atoms with Crippen molar-refractivity contribution in [3.8, 4) is 0 Å². The van der Waals surface area contributed by atoms with E-state index in [1.807, 2.05) is 19.2 Å². The SMILES string of the molecule is CCC(=O)NCc1csc(C)n1. The molecule has 66 valence electrons. The third-order valence-corrected chi connectivity index (χ3v) is 2.28. The summed E-state index contributed by atoms with van der Waals surface area (Å²) in [7, 11) is 0. The van der Waals surface area contributed by atoms with Crippen molar-refractivity contribution in [2.75, 3.05) is 0 Å².